The summed E-state index contributed by atoms with van der Waals surface area (Å²) in [6.45, 7) is 7.03. The number of aryl methyl sites for hydroxylation is 1. The molecule has 1 aromatic heterocycles. The van der Waals surface area contributed by atoms with Gasteiger partial charge >= 0.3 is 0 Å². The minimum atomic E-state index is 0.285. The number of aromatic nitrogens is 1. The van der Waals surface area contributed by atoms with Gasteiger partial charge < -0.3 is 9.64 Å². The van der Waals surface area contributed by atoms with E-state index < -0.39 is 0 Å². The average Bonchev–Trinajstić information content (AvgIpc) is 2.43. The number of rotatable bonds is 1. The first-order valence-electron chi connectivity index (χ1n) is 5.65. The third kappa shape index (κ3) is 2.74. The summed E-state index contributed by atoms with van der Waals surface area (Å²) in [7, 11) is 0. The van der Waals surface area contributed by atoms with Crippen molar-refractivity contribution in [2.75, 3.05) is 24.6 Å². The van der Waals surface area contributed by atoms with E-state index in [0.29, 0.717) is 0 Å². The van der Waals surface area contributed by atoms with Gasteiger partial charge in [0.05, 0.1) is 6.10 Å². The monoisotopic (exact) mass is 284 g/mol. The fourth-order valence-corrected chi connectivity index (χ4v) is 2.50. The van der Waals surface area contributed by atoms with E-state index in [-0.39, 0.29) is 6.10 Å². The second-order valence-corrected chi connectivity index (χ2v) is 5.19. The third-order valence-corrected chi connectivity index (χ3v) is 3.20. The van der Waals surface area contributed by atoms with Crippen molar-refractivity contribution in [2.24, 2.45) is 0 Å². The molecule has 3 nitrogen and oxygen atoms in total. The molecule has 1 aromatic rings. The lowest BCUT2D eigenvalue weighted by atomic mass is 10.2. The maximum absolute atomic E-state index is 5.64. The Balaban J connectivity index is 2.21. The first kappa shape index (κ1) is 11.9. The minimum absolute atomic E-state index is 0.285. The predicted molar refractivity (Wildman–Crippen MR) is 68.9 cm³/mol. The zero-order valence-corrected chi connectivity index (χ0v) is 11.3. The molecule has 0 bridgehead atoms. The zero-order valence-electron chi connectivity index (χ0n) is 9.74. The zero-order chi connectivity index (χ0) is 11.5. The number of hydrogen-bond donors (Lipinski definition) is 0. The Morgan fingerprint density at radius 2 is 2.38 bits per heavy atom. The van der Waals surface area contributed by atoms with E-state index in [9.17, 15) is 0 Å². The van der Waals surface area contributed by atoms with Crippen LogP contribution in [0.5, 0.6) is 0 Å². The van der Waals surface area contributed by atoms with Gasteiger partial charge in [-0.05, 0) is 47.8 Å². The van der Waals surface area contributed by atoms with Gasteiger partial charge in [-0.2, -0.15) is 0 Å². The van der Waals surface area contributed by atoms with Crippen molar-refractivity contribution in [3.05, 3.63) is 22.3 Å². The number of pyridine rings is 1. The van der Waals surface area contributed by atoms with E-state index in [0.717, 1.165) is 36.4 Å². The lowest BCUT2D eigenvalue weighted by Gasteiger charge is -2.24. The molecule has 0 saturated carbocycles. The Kier molecular flexibility index (Phi) is 3.82. The van der Waals surface area contributed by atoms with Gasteiger partial charge in [0.25, 0.3) is 0 Å². The summed E-state index contributed by atoms with van der Waals surface area (Å²) in [5, 5.41) is 0. The molecule has 1 atom stereocenters. The molecule has 0 aliphatic carbocycles. The van der Waals surface area contributed by atoms with Gasteiger partial charge in [-0.1, -0.05) is 0 Å². The first-order valence-corrected chi connectivity index (χ1v) is 6.45. The van der Waals surface area contributed by atoms with Crippen LogP contribution in [0.2, 0.25) is 0 Å². The molecule has 16 heavy (non-hydrogen) atoms. The molecule has 0 amide bonds. The summed E-state index contributed by atoms with van der Waals surface area (Å²) in [4.78, 5) is 6.82. The Bertz CT molecular complexity index is 370. The van der Waals surface area contributed by atoms with Crippen molar-refractivity contribution in [2.45, 2.75) is 26.4 Å². The molecule has 1 aliphatic rings. The van der Waals surface area contributed by atoms with Gasteiger partial charge in [-0.3, -0.25) is 0 Å². The lowest BCUT2D eigenvalue weighted by molar-refractivity contribution is 0.0820. The number of anilines is 1. The standard InChI is InChI=1S/C12H17BrN2O/c1-9-6-11(13)7-14-12(9)15-4-3-5-16-10(2)8-15/h6-7,10H,3-5,8H2,1-2H3. The van der Waals surface area contributed by atoms with E-state index in [2.05, 4.69) is 45.7 Å². The fourth-order valence-electron chi connectivity index (χ4n) is 2.05. The van der Waals surface area contributed by atoms with Crippen LogP contribution in [0.1, 0.15) is 18.9 Å². The summed E-state index contributed by atoms with van der Waals surface area (Å²) in [6, 6.07) is 2.11. The average molecular weight is 285 g/mol. The number of halogens is 1. The van der Waals surface area contributed by atoms with Crippen LogP contribution < -0.4 is 4.90 Å². The first-order chi connectivity index (χ1) is 7.66. The highest BCUT2D eigenvalue weighted by atomic mass is 79.9. The quantitative estimate of drug-likeness (QED) is 0.793. The second kappa shape index (κ2) is 5.15. The van der Waals surface area contributed by atoms with E-state index in [4.69, 9.17) is 4.74 Å². The number of nitrogens with zero attached hydrogens (tertiary/aromatic N) is 2. The molecular weight excluding hydrogens is 268 g/mol. The SMILES string of the molecule is Cc1cc(Br)cnc1N1CCCOC(C)C1. The van der Waals surface area contributed by atoms with Crippen LogP contribution in [-0.2, 0) is 4.74 Å². The topological polar surface area (TPSA) is 25.4 Å². The highest BCUT2D eigenvalue weighted by Crippen LogP contribution is 2.22. The van der Waals surface area contributed by atoms with Crippen molar-refractivity contribution < 1.29 is 4.74 Å². The summed E-state index contributed by atoms with van der Waals surface area (Å²) in [5.41, 5.74) is 1.21. The van der Waals surface area contributed by atoms with Crippen LogP contribution in [0, 0.1) is 6.92 Å². The van der Waals surface area contributed by atoms with Gasteiger partial charge in [-0.15, -0.1) is 0 Å². The largest absolute Gasteiger partial charge is 0.377 e. The predicted octanol–water partition coefficient (Wildman–Crippen LogP) is 2.77. The third-order valence-electron chi connectivity index (χ3n) is 2.77. The highest BCUT2D eigenvalue weighted by Gasteiger charge is 2.17. The summed E-state index contributed by atoms with van der Waals surface area (Å²) in [5.74, 6) is 1.08. The Morgan fingerprint density at radius 1 is 1.56 bits per heavy atom. The van der Waals surface area contributed by atoms with E-state index in [1.807, 2.05) is 6.20 Å². The summed E-state index contributed by atoms with van der Waals surface area (Å²) < 4.78 is 6.67. The van der Waals surface area contributed by atoms with E-state index >= 15 is 0 Å². The van der Waals surface area contributed by atoms with E-state index in [1.54, 1.807) is 0 Å². The maximum Gasteiger partial charge on any atom is 0.131 e. The molecule has 1 saturated heterocycles. The molecule has 2 rings (SSSR count). The molecule has 0 radical (unpaired) electrons. The minimum Gasteiger partial charge on any atom is -0.377 e. The van der Waals surface area contributed by atoms with Crippen molar-refractivity contribution >= 4 is 21.7 Å². The maximum atomic E-state index is 5.64. The molecule has 1 fully saturated rings. The van der Waals surface area contributed by atoms with Gasteiger partial charge in [0.1, 0.15) is 5.82 Å². The van der Waals surface area contributed by atoms with Crippen molar-refractivity contribution in [1.82, 2.24) is 4.98 Å². The molecule has 0 spiro atoms. The fraction of sp³-hybridized carbons (Fsp3) is 0.583. The second-order valence-electron chi connectivity index (χ2n) is 4.28. The molecule has 1 aliphatic heterocycles. The van der Waals surface area contributed by atoms with Crippen LogP contribution in [-0.4, -0.2) is 30.8 Å². The molecule has 88 valence electrons. The molecule has 4 heteroatoms. The Hall–Kier alpha value is -0.610. The van der Waals surface area contributed by atoms with Crippen LogP contribution in [0.15, 0.2) is 16.7 Å². The summed E-state index contributed by atoms with van der Waals surface area (Å²) in [6.07, 6.45) is 3.22. The van der Waals surface area contributed by atoms with Crippen molar-refractivity contribution in [3.63, 3.8) is 0 Å². The van der Waals surface area contributed by atoms with Crippen LogP contribution >= 0.6 is 15.9 Å². The molecule has 1 unspecified atom stereocenters. The number of hydrogen-bond acceptors (Lipinski definition) is 3. The van der Waals surface area contributed by atoms with Gasteiger partial charge in [-0.25, -0.2) is 4.98 Å². The van der Waals surface area contributed by atoms with Crippen LogP contribution in [0.25, 0.3) is 0 Å². The van der Waals surface area contributed by atoms with Crippen LogP contribution in [0.3, 0.4) is 0 Å². The van der Waals surface area contributed by atoms with Gasteiger partial charge in [0.15, 0.2) is 0 Å². The van der Waals surface area contributed by atoms with E-state index in [1.165, 1.54) is 5.56 Å². The normalized spacial score (nSPS) is 21.9. The smallest absolute Gasteiger partial charge is 0.131 e. The molecule has 0 aromatic carbocycles. The lowest BCUT2D eigenvalue weighted by Crippen LogP contribution is -2.31. The number of ether oxygens (including phenoxy) is 1. The molecule has 2 heterocycles. The van der Waals surface area contributed by atoms with Crippen LogP contribution in [0.4, 0.5) is 5.82 Å². The van der Waals surface area contributed by atoms with Gasteiger partial charge in [0.2, 0.25) is 0 Å². The Morgan fingerprint density at radius 3 is 3.12 bits per heavy atom. The molecule has 0 N–H and O–H groups in total. The summed E-state index contributed by atoms with van der Waals surface area (Å²) >= 11 is 3.44. The van der Waals surface area contributed by atoms with Gasteiger partial charge in [0, 0.05) is 30.4 Å². The van der Waals surface area contributed by atoms with Crippen molar-refractivity contribution in [1.29, 1.82) is 0 Å². The molecular formula is C12H17BrN2O. The highest BCUT2D eigenvalue weighted by molar-refractivity contribution is 9.10. The Labute approximate surface area is 105 Å². The van der Waals surface area contributed by atoms with Crippen molar-refractivity contribution in [3.8, 4) is 0 Å².